The highest BCUT2D eigenvalue weighted by Gasteiger charge is 2.40. The van der Waals surface area contributed by atoms with Crippen LogP contribution in [-0.4, -0.2) is 24.7 Å². The molecular weight excluding hydrogens is 229 g/mol. The Hall–Kier alpha value is -1.71. The van der Waals surface area contributed by atoms with Crippen molar-refractivity contribution in [3.8, 4) is 12.0 Å². The molecule has 4 nitrogen and oxygen atoms in total. The zero-order chi connectivity index (χ0) is 12.2. The zero-order valence-electron chi connectivity index (χ0n) is 7.97. The Morgan fingerprint density at radius 3 is 2.44 bits per heavy atom. The van der Waals surface area contributed by atoms with Gasteiger partial charge in [0.1, 0.15) is 6.11 Å². The van der Waals surface area contributed by atoms with Crippen LogP contribution in [0, 0.1) is 17.9 Å². The summed E-state index contributed by atoms with van der Waals surface area (Å²) in [7, 11) is 0. The summed E-state index contributed by atoms with van der Waals surface area (Å²) in [4.78, 5) is 21.0. The lowest BCUT2D eigenvalue weighted by atomic mass is 10.4. The van der Waals surface area contributed by atoms with Crippen LogP contribution in [0.4, 0.5) is 13.2 Å². The maximum Gasteiger partial charge on any atom is 0.490 e. The molecule has 0 N–H and O–H groups in total. The first-order valence-electron chi connectivity index (χ1n) is 4.33. The number of hydrogen-bond donors (Lipinski definition) is 0. The molecule has 1 saturated carbocycles. The second kappa shape index (κ2) is 4.88. The summed E-state index contributed by atoms with van der Waals surface area (Å²) in [6.45, 7) is -0.768. The van der Waals surface area contributed by atoms with E-state index in [1.165, 1.54) is 0 Å². The van der Waals surface area contributed by atoms with Gasteiger partial charge < -0.3 is 9.47 Å². The van der Waals surface area contributed by atoms with Gasteiger partial charge in [-0.2, -0.15) is 13.2 Å². The van der Waals surface area contributed by atoms with E-state index in [2.05, 4.69) is 9.47 Å². The molecule has 1 rings (SSSR count). The van der Waals surface area contributed by atoms with Crippen molar-refractivity contribution >= 4 is 11.9 Å². The molecular formula is C9H7F3O4. The van der Waals surface area contributed by atoms with Gasteiger partial charge in [-0.15, -0.1) is 0 Å². The van der Waals surface area contributed by atoms with Crippen molar-refractivity contribution in [2.45, 2.75) is 19.0 Å². The number of carbonyl (C=O) groups excluding carboxylic acids is 2. The minimum absolute atomic E-state index is 0.146. The van der Waals surface area contributed by atoms with Crippen LogP contribution in [0.2, 0.25) is 0 Å². The molecule has 1 fully saturated rings. The molecule has 0 aromatic carbocycles. The van der Waals surface area contributed by atoms with Crippen LogP contribution in [0.25, 0.3) is 0 Å². The number of hydrogen-bond acceptors (Lipinski definition) is 4. The Balaban J connectivity index is 2.17. The van der Waals surface area contributed by atoms with Crippen LogP contribution in [0.15, 0.2) is 0 Å². The Kier molecular flexibility index (Phi) is 3.77. The van der Waals surface area contributed by atoms with Crippen molar-refractivity contribution in [1.29, 1.82) is 0 Å². The van der Waals surface area contributed by atoms with Crippen molar-refractivity contribution in [3.63, 3.8) is 0 Å². The lowest BCUT2D eigenvalue weighted by Gasteiger charge is -2.02. The van der Waals surface area contributed by atoms with Crippen LogP contribution in [-0.2, 0) is 19.1 Å². The van der Waals surface area contributed by atoms with E-state index in [4.69, 9.17) is 0 Å². The zero-order valence-corrected chi connectivity index (χ0v) is 7.97. The molecule has 0 radical (unpaired) electrons. The minimum Gasteiger partial charge on any atom is -0.446 e. The predicted octanol–water partition coefficient (Wildman–Crippen LogP) is 1.01. The molecule has 0 bridgehead atoms. The molecule has 88 valence electrons. The summed E-state index contributed by atoms with van der Waals surface area (Å²) in [5, 5.41) is 0. The number of esters is 2. The molecule has 0 atom stereocenters. The van der Waals surface area contributed by atoms with E-state index in [9.17, 15) is 22.8 Å². The lowest BCUT2D eigenvalue weighted by Crippen LogP contribution is -2.25. The summed E-state index contributed by atoms with van der Waals surface area (Å²) in [6, 6.07) is 0. The van der Waals surface area contributed by atoms with Crippen molar-refractivity contribution in [3.05, 3.63) is 0 Å². The average Bonchev–Trinajstić information content (AvgIpc) is 2.98. The average molecular weight is 236 g/mol. The molecule has 0 saturated heterocycles. The maximum atomic E-state index is 11.6. The summed E-state index contributed by atoms with van der Waals surface area (Å²) in [5.74, 6) is -1.01. The van der Waals surface area contributed by atoms with E-state index in [1.807, 2.05) is 12.0 Å². The SMILES string of the molecule is O=C(OC#CCOC(=O)C(F)(F)F)C1CC1. The van der Waals surface area contributed by atoms with E-state index < -0.39 is 24.7 Å². The summed E-state index contributed by atoms with van der Waals surface area (Å²) >= 11 is 0. The Morgan fingerprint density at radius 2 is 1.94 bits per heavy atom. The highest BCUT2D eigenvalue weighted by molar-refractivity contribution is 5.76. The third kappa shape index (κ3) is 4.21. The largest absolute Gasteiger partial charge is 0.490 e. The fourth-order valence-corrected chi connectivity index (χ4v) is 0.702. The van der Waals surface area contributed by atoms with Crippen molar-refractivity contribution in [2.75, 3.05) is 6.61 Å². The molecule has 7 heteroatoms. The Morgan fingerprint density at radius 1 is 1.31 bits per heavy atom. The molecule has 0 amide bonds. The molecule has 0 aromatic heterocycles. The summed E-state index contributed by atoms with van der Waals surface area (Å²) in [5.41, 5.74) is 0. The first kappa shape index (κ1) is 12.4. The number of halogens is 3. The first-order valence-corrected chi connectivity index (χ1v) is 4.33. The third-order valence-corrected chi connectivity index (χ3v) is 1.64. The quantitative estimate of drug-likeness (QED) is 0.530. The smallest absolute Gasteiger partial charge is 0.446 e. The van der Waals surface area contributed by atoms with Gasteiger partial charge in [0, 0.05) is 0 Å². The molecule has 1 aliphatic rings. The normalized spacial score (nSPS) is 14.7. The molecule has 0 spiro atoms. The number of alkyl halides is 3. The van der Waals surface area contributed by atoms with E-state index >= 15 is 0 Å². The van der Waals surface area contributed by atoms with E-state index in [0.717, 1.165) is 12.8 Å². The second-order valence-electron chi connectivity index (χ2n) is 3.05. The number of ether oxygens (including phenoxy) is 2. The van der Waals surface area contributed by atoms with Crippen LogP contribution in [0.3, 0.4) is 0 Å². The fraction of sp³-hybridized carbons (Fsp3) is 0.556. The topological polar surface area (TPSA) is 52.6 Å². The second-order valence-corrected chi connectivity index (χ2v) is 3.05. The number of carbonyl (C=O) groups is 2. The van der Waals surface area contributed by atoms with Gasteiger partial charge in [0.05, 0.1) is 5.92 Å². The monoisotopic (exact) mass is 236 g/mol. The van der Waals surface area contributed by atoms with Gasteiger partial charge in [-0.3, -0.25) is 4.79 Å². The molecule has 1 aliphatic carbocycles. The van der Waals surface area contributed by atoms with Crippen LogP contribution in [0.1, 0.15) is 12.8 Å². The lowest BCUT2D eigenvalue weighted by molar-refractivity contribution is -0.198. The van der Waals surface area contributed by atoms with Gasteiger partial charge in [-0.25, -0.2) is 4.79 Å². The Bertz CT molecular complexity index is 346. The van der Waals surface area contributed by atoms with Gasteiger partial charge in [0.15, 0.2) is 6.61 Å². The highest BCUT2D eigenvalue weighted by atomic mass is 19.4. The predicted molar refractivity (Wildman–Crippen MR) is 43.6 cm³/mol. The molecule has 0 unspecified atom stereocenters. The van der Waals surface area contributed by atoms with Gasteiger partial charge >= 0.3 is 18.1 Å². The number of rotatable bonds is 2. The van der Waals surface area contributed by atoms with Crippen molar-refractivity contribution < 1.29 is 32.2 Å². The fourth-order valence-electron chi connectivity index (χ4n) is 0.702. The van der Waals surface area contributed by atoms with E-state index in [0.29, 0.717) is 0 Å². The maximum absolute atomic E-state index is 11.6. The van der Waals surface area contributed by atoms with Gasteiger partial charge in [0.25, 0.3) is 0 Å². The highest BCUT2D eigenvalue weighted by Crippen LogP contribution is 2.29. The standard InChI is InChI=1S/C9H7F3O4/c10-9(11,12)8(14)16-5-1-4-15-7(13)6-2-3-6/h6H,2-3,5H2. The molecule has 16 heavy (non-hydrogen) atoms. The van der Waals surface area contributed by atoms with Gasteiger partial charge in [0.2, 0.25) is 0 Å². The molecule has 0 heterocycles. The summed E-state index contributed by atoms with van der Waals surface area (Å²) in [6.07, 6.45) is -1.69. The Labute approximate surface area is 88.7 Å². The summed E-state index contributed by atoms with van der Waals surface area (Å²) < 4.78 is 42.9. The first-order chi connectivity index (χ1) is 7.41. The van der Waals surface area contributed by atoms with E-state index in [1.54, 1.807) is 0 Å². The van der Waals surface area contributed by atoms with Crippen LogP contribution >= 0.6 is 0 Å². The molecule has 0 aliphatic heterocycles. The van der Waals surface area contributed by atoms with E-state index in [-0.39, 0.29) is 5.92 Å². The van der Waals surface area contributed by atoms with Crippen molar-refractivity contribution in [1.82, 2.24) is 0 Å². The minimum atomic E-state index is -5.04. The van der Waals surface area contributed by atoms with Gasteiger partial charge in [-0.1, -0.05) is 0 Å². The molecule has 0 aromatic rings. The van der Waals surface area contributed by atoms with Gasteiger partial charge in [-0.05, 0) is 18.8 Å². The third-order valence-electron chi connectivity index (χ3n) is 1.64. The van der Waals surface area contributed by atoms with Crippen LogP contribution in [0.5, 0.6) is 0 Å². The van der Waals surface area contributed by atoms with Crippen molar-refractivity contribution in [2.24, 2.45) is 5.92 Å². The van der Waals surface area contributed by atoms with Crippen LogP contribution < -0.4 is 0 Å².